The molecule has 1 aliphatic rings. The van der Waals surface area contributed by atoms with Crippen molar-refractivity contribution in [2.75, 3.05) is 6.54 Å². The molecular weight excluding hydrogens is 287 g/mol. The van der Waals surface area contributed by atoms with E-state index in [0.29, 0.717) is 18.4 Å². The van der Waals surface area contributed by atoms with Crippen molar-refractivity contribution in [2.45, 2.75) is 18.6 Å². The minimum Gasteiger partial charge on any atom is -0.481 e. The van der Waals surface area contributed by atoms with Gasteiger partial charge in [0.2, 0.25) is 5.76 Å². The summed E-state index contributed by atoms with van der Waals surface area (Å²) in [5.41, 5.74) is 0.930. The van der Waals surface area contributed by atoms with Crippen molar-refractivity contribution in [3.05, 3.63) is 35.6 Å². The summed E-state index contributed by atoms with van der Waals surface area (Å²) >= 11 is 0. The number of carboxylic acid groups (broad SMARTS) is 1. The van der Waals surface area contributed by atoms with Crippen molar-refractivity contribution in [3.8, 4) is 0 Å². The SMILES string of the molecule is O=C(O)C1CNC(c2ccc3oc(C(F)(F)F)cc3c2)C1. The first kappa shape index (κ1) is 13.9. The smallest absolute Gasteiger partial charge is 0.449 e. The fraction of sp³-hybridized carbons (Fsp3) is 0.357. The van der Waals surface area contributed by atoms with Gasteiger partial charge in [0.05, 0.1) is 5.92 Å². The largest absolute Gasteiger partial charge is 0.481 e. The summed E-state index contributed by atoms with van der Waals surface area (Å²) in [6.45, 7) is 0.358. The molecule has 2 N–H and O–H groups in total. The highest BCUT2D eigenvalue weighted by molar-refractivity contribution is 5.79. The molecule has 2 heterocycles. The van der Waals surface area contributed by atoms with Gasteiger partial charge in [-0.3, -0.25) is 4.79 Å². The molecule has 7 heteroatoms. The standard InChI is InChI=1S/C14H12F3NO3/c15-14(16,17)12-5-8-3-7(1-2-11(8)21-12)10-4-9(6-18-10)13(19)20/h1-3,5,9-10,18H,4,6H2,(H,19,20). The van der Waals surface area contributed by atoms with Crippen molar-refractivity contribution in [3.63, 3.8) is 0 Å². The first-order valence-corrected chi connectivity index (χ1v) is 6.41. The van der Waals surface area contributed by atoms with Crippen LogP contribution in [0.1, 0.15) is 23.8 Å². The van der Waals surface area contributed by atoms with Gasteiger partial charge in [-0.05, 0) is 30.2 Å². The Balaban J connectivity index is 1.90. The predicted octanol–water partition coefficient (Wildman–Crippen LogP) is 3.19. The Labute approximate surface area is 117 Å². The number of halogens is 3. The van der Waals surface area contributed by atoms with E-state index < -0.39 is 23.8 Å². The van der Waals surface area contributed by atoms with Crippen LogP contribution in [0.5, 0.6) is 0 Å². The Morgan fingerprint density at radius 3 is 2.71 bits per heavy atom. The number of benzene rings is 1. The van der Waals surface area contributed by atoms with E-state index in [-0.39, 0.29) is 11.6 Å². The van der Waals surface area contributed by atoms with Crippen molar-refractivity contribution in [1.82, 2.24) is 5.32 Å². The zero-order valence-electron chi connectivity index (χ0n) is 10.8. The number of carbonyl (C=O) groups is 1. The van der Waals surface area contributed by atoms with Crippen LogP contribution < -0.4 is 5.32 Å². The molecule has 21 heavy (non-hydrogen) atoms. The first-order valence-electron chi connectivity index (χ1n) is 6.41. The van der Waals surface area contributed by atoms with Gasteiger partial charge in [0.25, 0.3) is 0 Å². The second-order valence-electron chi connectivity index (χ2n) is 5.14. The van der Waals surface area contributed by atoms with E-state index in [9.17, 15) is 18.0 Å². The van der Waals surface area contributed by atoms with Crippen molar-refractivity contribution in [2.24, 2.45) is 5.92 Å². The number of nitrogens with one attached hydrogen (secondary N) is 1. The van der Waals surface area contributed by atoms with Crippen LogP contribution in [0, 0.1) is 5.92 Å². The highest BCUT2D eigenvalue weighted by Gasteiger charge is 2.35. The van der Waals surface area contributed by atoms with Gasteiger partial charge in [-0.15, -0.1) is 0 Å². The summed E-state index contributed by atoms with van der Waals surface area (Å²) in [4.78, 5) is 10.9. The van der Waals surface area contributed by atoms with Crippen LogP contribution in [0.4, 0.5) is 13.2 Å². The van der Waals surface area contributed by atoms with Crippen LogP contribution in [-0.4, -0.2) is 17.6 Å². The van der Waals surface area contributed by atoms with E-state index in [1.807, 2.05) is 0 Å². The fourth-order valence-electron chi connectivity index (χ4n) is 2.60. The van der Waals surface area contributed by atoms with E-state index in [4.69, 9.17) is 9.52 Å². The normalized spacial score (nSPS) is 22.8. The Kier molecular flexibility index (Phi) is 3.16. The lowest BCUT2D eigenvalue weighted by Gasteiger charge is -2.10. The molecule has 1 saturated heterocycles. The van der Waals surface area contributed by atoms with E-state index in [1.165, 1.54) is 6.07 Å². The number of hydrogen-bond donors (Lipinski definition) is 2. The quantitative estimate of drug-likeness (QED) is 0.894. The van der Waals surface area contributed by atoms with E-state index in [0.717, 1.165) is 11.6 Å². The Hall–Kier alpha value is -2.02. The highest BCUT2D eigenvalue weighted by Crippen LogP contribution is 2.35. The average molecular weight is 299 g/mol. The Morgan fingerprint density at radius 2 is 2.10 bits per heavy atom. The fourth-order valence-corrected chi connectivity index (χ4v) is 2.60. The molecule has 0 amide bonds. The summed E-state index contributed by atoms with van der Waals surface area (Å²) in [5, 5.41) is 12.4. The summed E-state index contributed by atoms with van der Waals surface area (Å²) in [6, 6.07) is 5.54. The number of rotatable bonds is 2. The summed E-state index contributed by atoms with van der Waals surface area (Å²) in [5.74, 6) is -2.37. The second kappa shape index (κ2) is 4.77. The van der Waals surface area contributed by atoms with Crippen LogP contribution in [0.15, 0.2) is 28.7 Å². The zero-order valence-corrected chi connectivity index (χ0v) is 10.8. The number of furan rings is 1. The summed E-state index contributed by atoms with van der Waals surface area (Å²) in [6.07, 6.45) is -4.09. The molecule has 1 aromatic heterocycles. The molecule has 0 radical (unpaired) electrons. The van der Waals surface area contributed by atoms with Crippen LogP contribution in [0.2, 0.25) is 0 Å². The molecule has 2 aromatic rings. The van der Waals surface area contributed by atoms with Gasteiger partial charge >= 0.3 is 12.1 Å². The van der Waals surface area contributed by atoms with Crippen LogP contribution in [-0.2, 0) is 11.0 Å². The monoisotopic (exact) mass is 299 g/mol. The molecule has 2 atom stereocenters. The molecule has 112 valence electrons. The highest BCUT2D eigenvalue weighted by atomic mass is 19.4. The van der Waals surface area contributed by atoms with Crippen molar-refractivity contribution in [1.29, 1.82) is 0 Å². The lowest BCUT2D eigenvalue weighted by Crippen LogP contribution is -2.17. The zero-order chi connectivity index (χ0) is 15.2. The molecule has 1 aromatic carbocycles. The lowest BCUT2D eigenvalue weighted by molar-refractivity contribution is -0.152. The molecule has 0 aliphatic carbocycles. The maximum absolute atomic E-state index is 12.6. The maximum atomic E-state index is 12.6. The Morgan fingerprint density at radius 1 is 1.33 bits per heavy atom. The summed E-state index contributed by atoms with van der Waals surface area (Å²) < 4.78 is 42.6. The van der Waals surface area contributed by atoms with Crippen molar-refractivity contribution < 1.29 is 27.5 Å². The molecule has 1 fully saturated rings. The molecule has 0 bridgehead atoms. The third kappa shape index (κ3) is 2.61. The van der Waals surface area contributed by atoms with Gasteiger partial charge in [0.1, 0.15) is 5.58 Å². The van der Waals surface area contributed by atoms with E-state index >= 15 is 0 Å². The Bertz CT molecular complexity index is 692. The third-order valence-electron chi connectivity index (χ3n) is 3.70. The van der Waals surface area contributed by atoms with Gasteiger partial charge in [0, 0.05) is 18.0 Å². The molecule has 4 nitrogen and oxygen atoms in total. The number of hydrogen-bond acceptors (Lipinski definition) is 3. The molecule has 0 spiro atoms. The van der Waals surface area contributed by atoms with Crippen LogP contribution in [0.25, 0.3) is 11.0 Å². The van der Waals surface area contributed by atoms with Gasteiger partial charge in [0.15, 0.2) is 0 Å². The average Bonchev–Trinajstić information content (AvgIpc) is 3.04. The molecule has 1 aliphatic heterocycles. The molecule has 2 unspecified atom stereocenters. The lowest BCUT2D eigenvalue weighted by atomic mass is 9.99. The molecule has 0 saturated carbocycles. The van der Waals surface area contributed by atoms with Crippen LogP contribution in [0.3, 0.4) is 0 Å². The third-order valence-corrected chi connectivity index (χ3v) is 3.70. The minimum absolute atomic E-state index is 0.166. The predicted molar refractivity (Wildman–Crippen MR) is 67.7 cm³/mol. The second-order valence-corrected chi connectivity index (χ2v) is 5.14. The van der Waals surface area contributed by atoms with Crippen LogP contribution >= 0.6 is 0 Å². The van der Waals surface area contributed by atoms with Gasteiger partial charge in [-0.1, -0.05) is 6.07 Å². The first-order chi connectivity index (χ1) is 9.84. The van der Waals surface area contributed by atoms with Crippen molar-refractivity contribution >= 4 is 16.9 Å². The number of fused-ring (bicyclic) bond motifs is 1. The van der Waals surface area contributed by atoms with E-state index in [2.05, 4.69) is 5.32 Å². The number of alkyl halides is 3. The molecular formula is C14H12F3NO3. The van der Waals surface area contributed by atoms with Gasteiger partial charge in [-0.2, -0.15) is 13.2 Å². The van der Waals surface area contributed by atoms with E-state index in [1.54, 1.807) is 12.1 Å². The van der Waals surface area contributed by atoms with Gasteiger partial charge < -0.3 is 14.8 Å². The topological polar surface area (TPSA) is 62.5 Å². The molecule has 3 rings (SSSR count). The minimum atomic E-state index is -4.51. The van der Waals surface area contributed by atoms with Gasteiger partial charge in [-0.25, -0.2) is 0 Å². The number of aliphatic carboxylic acids is 1. The summed E-state index contributed by atoms with van der Waals surface area (Å²) in [7, 11) is 0. The maximum Gasteiger partial charge on any atom is 0.449 e. The number of carboxylic acids is 1.